The fraction of sp³-hybridized carbons (Fsp3) is 0.158. The second kappa shape index (κ2) is 5.49. The smallest absolute Gasteiger partial charge is 0.119 e. The zero-order chi connectivity index (χ0) is 14.8. The average molecular weight is 277 g/mol. The van der Waals surface area contributed by atoms with Crippen LogP contribution in [0, 0.1) is 13.8 Å². The van der Waals surface area contributed by atoms with Crippen LogP contribution in [0.4, 0.5) is 11.4 Å². The summed E-state index contributed by atoms with van der Waals surface area (Å²) in [5.74, 6) is 0.866. The van der Waals surface area contributed by atoms with Gasteiger partial charge in [-0.05, 0) is 60.7 Å². The lowest BCUT2D eigenvalue weighted by Crippen LogP contribution is -1.94. The van der Waals surface area contributed by atoms with Crippen LogP contribution in [0.1, 0.15) is 11.1 Å². The standard InChI is InChI=1S/C19H19NO/c1-13-5-4-6-17-18(12-7-14(2)19(13)17)20-15-8-10-16(21-3)11-9-15/h4-12,20H,1-3H3. The molecule has 0 aliphatic rings. The second-order valence-corrected chi connectivity index (χ2v) is 5.28. The summed E-state index contributed by atoms with van der Waals surface area (Å²) in [6, 6.07) is 18.7. The molecule has 0 aliphatic carbocycles. The van der Waals surface area contributed by atoms with Crippen molar-refractivity contribution in [1.82, 2.24) is 0 Å². The van der Waals surface area contributed by atoms with Crippen LogP contribution >= 0.6 is 0 Å². The Bertz CT molecular complexity index is 767. The van der Waals surface area contributed by atoms with Crippen LogP contribution in [0.15, 0.2) is 54.6 Å². The van der Waals surface area contributed by atoms with Crippen LogP contribution in [-0.4, -0.2) is 7.11 Å². The number of hydrogen-bond donors (Lipinski definition) is 1. The highest BCUT2D eigenvalue weighted by atomic mass is 16.5. The van der Waals surface area contributed by atoms with E-state index in [0.29, 0.717) is 0 Å². The Morgan fingerprint density at radius 3 is 2.24 bits per heavy atom. The van der Waals surface area contributed by atoms with Gasteiger partial charge in [-0.1, -0.05) is 24.3 Å². The quantitative estimate of drug-likeness (QED) is 0.709. The summed E-state index contributed by atoms with van der Waals surface area (Å²) in [6.07, 6.45) is 0. The SMILES string of the molecule is COc1ccc(Nc2ccc(C)c3c(C)cccc23)cc1. The van der Waals surface area contributed by atoms with Gasteiger partial charge < -0.3 is 10.1 Å². The predicted octanol–water partition coefficient (Wildman–Crippen LogP) is 5.21. The third-order valence-electron chi connectivity index (χ3n) is 3.83. The summed E-state index contributed by atoms with van der Waals surface area (Å²) in [7, 11) is 1.68. The lowest BCUT2D eigenvalue weighted by atomic mass is 9.99. The van der Waals surface area contributed by atoms with Gasteiger partial charge >= 0.3 is 0 Å². The first-order valence-corrected chi connectivity index (χ1v) is 7.09. The van der Waals surface area contributed by atoms with Gasteiger partial charge in [0, 0.05) is 16.8 Å². The molecular formula is C19H19NO. The minimum atomic E-state index is 0.866. The minimum Gasteiger partial charge on any atom is -0.497 e. The van der Waals surface area contributed by atoms with Crippen molar-refractivity contribution in [3.63, 3.8) is 0 Å². The van der Waals surface area contributed by atoms with Gasteiger partial charge in [0.25, 0.3) is 0 Å². The van der Waals surface area contributed by atoms with Crippen LogP contribution < -0.4 is 10.1 Å². The Kier molecular flexibility index (Phi) is 3.53. The van der Waals surface area contributed by atoms with Gasteiger partial charge in [-0.2, -0.15) is 0 Å². The Morgan fingerprint density at radius 2 is 1.52 bits per heavy atom. The van der Waals surface area contributed by atoms with Crippen molar-refractivity contribution in [2.24, 2.45) is 0 Å². The van der Waals surface area contributed by atoms with Gasteiger partial charge in [0.2, 0.25) is 0 Å². The van der Waals surface area contributed by atoms with Crippen molar-refractivity contribution in [2.45, 2.75) is 13.8 Å². The first kappa shape index (κ1) is 13.5. The summed E-state index contributed by atoms with van der Waals surface area (Å²) in [6.45, 7) is 4.32. The van der Waals surface area contributed by atoms with E-state index in [4.69, 9.17) is 4.74 Å². The molecule has 1 N–H and O–H groups in total. The summed E-state index contributed by atoms with van der Waals surface area (Å²) in [5, 5.41) is 6.08. The highest BCUT2D eigenvalue weighted by molar-refractivity contribution is 5.99. The van der Waals surface area contributed by atoms with E-state index in [-0.39, 0.29) is 0 Å². The fourth-order valence-corrected chi connectivity index (χ4v) is 2.74. The first-order chi connectivity index (χ1) is 10.2. The Hall–Kier alpha value is -2.48. The lowest BCUT2D eigenvalue weighted by Gasteiger charge is -2.13. The Morgan fingerprint density at radius 1 is 0.810 bits per heavy atom. The number of aryl methyl sites for hydroxylation is 2. The van der Waals surface area contributed by atoms with E-state index in [1.807, 2.05) is 24.3 Å². The van der Waals surface area contributed by atoms with Crippen LogP contribution in [0.2, 0.25) is 0 Å². The van der Waals surface area contributed by atoms with E-state index in [9.17, 15) is 0 Å². The van der Waals surface area contributed by atoms with Crippen molar-refractivity contribution < 1.29 is 4.74 Å². The highest BCUT2D eigenvalue weighted by Gasteiger charge is 2.06. The van der Waals surface area contributed by atoms with Gasteiger partial charge in [-0.25, -0.2) is 0 Å². The van der Waals surface area contributed by atoms with Crippen LogP contribution in [0.25, 0.3) is 10.8 Å². The van der Waals surface area contributed by atoms with Crippen molar-refractivity contribution >= 4 is 22.1 Å². The van der Waals surface area contributed by atoms with Crippen LogP contribution in [0.3, 0.4) is 0 Å². The largest absolute Gasteiger partial charge is 0.497 e. The number of hydrogen-bond acceptors (Lipinski definition) is 2. The van der Waals surface area contributed by atoms with E-state index in [1.54, 1.807) is 7.11 Å². The van der Waals surface area contributed by atoms with Gasteiger partial charge in [0.05, 0.1) is 7.11 Å². The van der Waals surface area contributed by atoms with Crippen LogP contribution in [-0.2, 0) is 0 Å². The molecule has 0 bridgehead atoms. The zero-order valence-electron chi connectivity index (χ0n) is 12.6. The topological polar surface area (TPSA) is 21.3 Å². The number of fused-ring (bicyclic) bond motifs is 1. The van der Waals surface area contributed by atoms with E-state index in [1.165, 1.54) is 21.9 Å². The zero-order valence-corrected chi connectivity index (χ0v) is 12.6. The summed E-state index contributed by atoms with van der Waals surface area (Å²) in [4.78, 5) is 0. The third kappa shape index (κ3) is 2.57. The number of anilines is 2. The first-order valence-electron chi connectivity index (χ1n) is 7.09. The van der Waals surface area contributed by atoms with Gasteiger partial charge in [0.1, 0.15) is 5.75 Å². The number of methoxy groups -OCH3 is 1. The minimum absolute atomic E-state index is 0.866. The van der Waals surface area contributed by atoms with Crippen molar-refractivity contribution in [2.75, 3.05) is 12.4 Å². The molecule has 2 nitrogen and oxygen atoms in total. The predicted molar refractivity (Wildman–Crippen MR) is 89.7 cm³/mol. The molecule has 0 unspecified atom stereocenters. The molecule has 0 aromatic heterocycles. The molecule has 2 heteroatoms. The molecule has 3 aromatic rings. The molecule has 3 aromatic carbocycles. The maximum atomic E-state index is 5.19. The summed E-state index contributed by atoms with van der Waals surface area (Å²) < 4.78 is 5.19. The molecule has 0 saturated carbocycles. The molecule has 0 radical (unpaired) electrons. The van der Waals surface area contributed by atoms with Gasteiger partial charge in [-0.3, -0.25) is 0 Å². The summed E-state index contributed by atoms with van der Waals surface area (Å²) >= 11 is 0. The Labute approximate surface area is 125 Å². The molecule has 0 aliphatic heterocycles. The van der Waals surface area contributed by atoms with Crippen LogP contribution in [0.5, 0.6) is 5.75 Å². The molecular weight excluding hydrogens is 258 g/mol. The van der Waals surface area contributed by atoms with Crippen molar-refractivity contribution in [3.05, 3.63) is 65.7 Å². The maximum absolute atomic E-state index is 5.19. The molecule has 0 amide bonds. The molecule has 106 valence electrons. The van der Waals surface area contributed by atoms with Crippen molar-refractivity contribution in [3.8, 4) is 5.75 Å². The number of rotatable bonds is 3. The normalized spacial score (nSPS) is 10.6. The van der Waals surface area contributed by atoms with E-state index >= 15 is 0 Å². The fourth-order valence-electron chi connectivity index (χ4n) is 2.74. The molecule has 3 rings (SSSR count). The molecule has 0 atom stereocenters. The van der Waals surface area contributed by atoms with E-state index in [0.717, 1.165) is 17.1 Å². The lowest BCUT2D eigenvalue weighted by molar-refractivity contribution is 0.415. The maximum Gasteiger partial charge on any atom is 0.119 e. The second-order valence-electron chi connectivity index (χ2n) is 5.28. The number of nitrogens with one attached hydrogen (secondary N) is 1. The molecule has 21 heavy (non-hydrogen) atoms. The summed E-state index contributed by atoms with van der Waals surface area (Å²) in [5.41, 5.74) is 4.80. The Balaban J connectivity index is 2.04. The number of ether oxygens (including phenoxy) is 1. The van der Waals surface area contributed by atoms with Gasteiger partial charge in [-0.15, -0.1) is 0 Å². The van der Waals surface area contributed by atoms with Crippen molar-refractivity contribution in [1.29, 1.82) is 0 Å². The molecule has 0 heterocycles. The molecule has 0 spiro atoms. The molecule has 0 saturated heterocycles. The van der Waals surface area contributed by atoms with E-state index in [2.05, 4.69) is 49.5 Å². The molecule has 0 fully saturated rings. The van der Waals surface area contributed by atoms with E-state index < -0.39 is 0 Å². The monoisotopic (exact) mass is 277 g/mol. The average Bonchev–Trinajstić information content (AvgIpc) is 2.51. The highest BCUT2D eigenvalue weighted by Crippen LogP contribution is 2.31. The van der Waals surface area contributed by atoms with Gasteiger partial charge in [0.15, 0.2) is 0 Å². The number of benzene rings is 3. The third-order valence-corrected chi connectivity index (χ3v) is 3.83.